The molecule has 0 saturated heterocycles. The number of amides is 2. The first-order valence-electron chi connectivity index (χ1n) is 12.4. The Hall–Kier alpha value is -4.39. The fourth-order valence-corrected chi connectivity index (χ4v) is 5.72. The lowest BCUT2D eigenvalue weighted by molar-refractivity contribution is -0.126. The van der Waals surface area contributed by atoms with Gasteiger partial charge in [-0.05, 0) is 48.7 Å². The molecule has 7 heteroatoms. The monoisotopic (exact) mass is 494 g/mol. The van der Waals surface area contributed by atoms with E-state index < -0.39 is 11.4 Å². The van der Waals surface area contributed by atoms with Crippen LogP contribution in [0.2, 0.25) is 0 Å². The van der Waals surface area contributed by atoms with Crippen molar-refractivity contribution in [3.63, 3.8) is 0 Å². The molecule has 1 spiro atoms. The third-order valence-electron chi connectivity index (χ3n) is 7.37. The Labute approximate surface area is 213 Å². The van der Waals surface area contributed by atoms with Crippen LogP contribution in [-0.2, 0) is 16.8 Å². The molecule has 186 valence electrons. The zero-order valence-corrected chi connectivity index (χ0v) is 20.7. The van der Waals surface area contributed by atoms with Gasteiger partial charge in [-0.3, -0.25) is 14.4 Å². The highest BCUT2D eigenvalue weighted by molar-refractivity contribution is 6.17. The molecule has 0 aliphatic carbocycles. The fourth-order valence-electron chi connectivity index (χ4n) is 5.72. The van der Waals surface area contributed by atoms with Gasteiger partial charge in [0.2, 0.25) is 5.76 Å². The van der Waals surface area contributed by atoms with Crippen molar-refractivity contribution in [2.24, 2.45) is 0 Å². The second kappa shape index (κ2) is 8.62. The van der Waals surface area contributed by atoms with E-state index >= 15 is 0 Å². The maximum absolute atomic E-state index is 14.4. The second-order valence-electron chi connectivity index (χ2n) is 9.37. The average molecular weight is 495 g/mol. The predicted octanol–water partition coefficient (Wildman–Crippen LogP) is 4.50. The molecule has 2 amide bonds. The summed E-state index contributed by atoms with van der Waals surface area (Å²) in [5.74, 6) is -0.0609. The zero-order valence-electron chi connectivity index (χ0n) is 20.7. The molecule has 0 bridgehead atoms. The molecule has 0 fully saturated rings. The molecule has 37 heavy (non-hydrogen) atoms. The smallest absolute Gasteiger partial charge is 0.291 e. The predicted molar refractivity (Wildman–Crippen MR) is 140 cm³/mol. The summed E-state index contributed by atoms with van der Waals surface area (Å²) in [6, 6.07) is 21.9. The number of anilines is 1. The van der Waals surface area contributed by atoms with Crippen molar-refractivity contribution in [1.82, 2.24) is 4.90 Å². The van der Waals surface area contributed by atoms with Crippen LogP contribution in [0.25, 0.3) is 11.0 Å². The fraction of sp³-hybridized carbons (Fsp3) is 0.233. The van der Waals surface area contributed by atoms with Gasteiger partial charge in [-0.1, -0.05) is 49.4 Å². The highest BCUT2D eigenvalue weighted by Gasteiger charge is 2.64. The number of rotatable bonds is 6. The molecule has 4 aromatic rings. The van der Waals surface area contributed by atoms with Gasteiger partial charge in [-0.2, -0.15) is 0 Å². The summed E-state index contributed by atoms with van der Waals surface area (Å²) in [5, 5.41) is 0.352. The van der Waals surface area contributed by atoms with Gasteiger partial charge in [-0.15, -0.1) is 0 Å². The molecular weight excluding hydrogens is 468 g/mol. The molecule has 3 aromatic carbocycles. The van der Waals surface area contributed by atoms with Crippen molar-refractivity contribution >= 4 is 28.5 Å². The number of methoxy groups -OCH3 is 1. The van der Waals surface area contributed by atoms with Gasteiger partial charge in [0.1, 0.15) is 11.3 Å². The van der Waals surface area contributed by atoms with E-state index in [0.717, 1.165) is 23.4 Å². The SMILES string of the molecule is CCCN1C(=O)C2(c3ccccc31)c1c(oc3ccccc3c1=O)C(=O)N2CCc1ccc(OC)cc1. The largest absolute Gasteiger partial charge is 0.497 e. The van der Waals surface area contributed by atoms with E-state index in [4.69, 9.17) is 9.15 Å². The van der Waals surface area contributed by atoms with Crippen molar-refractivity contribution in [1.29, 1.82) is 0 Å². The van der Waals surface area contributed by atoms with Crippen LogP contribution in [0, 0.1) is 0 Å². The summed E-state index contributed by atoms with van der Waals surface area (Å²) < 4.78 is 11.3. The third kappa shape index (κ3) is 3.16. The molecule has 0 N–H and O–H groups in total. The molecule has 0 radical (unpaired) electrons. The van der Waals surface area contributed by atoms with E-state index in [9.17, 15) is 14.4 Å². The van der Waals surface area contributed by atoms with Gasteiger partial charge in [0.25, 0.3) is 11.8 Å². The third-order valence-corrected chi connectivity index (χ3v) is 7.37. The lowest BCUT2D eigenvalue weighted by Gasteiger charge is -2.34. The molecule has 3 heterocycles. The van der Waals surface area contributed by atoms with Crippen LogP contribution in [0.4, 0.5) is 5.69 Å². The standard InChI is InChI=1S/C30H26N2O5/c1-3-17-31-23-10-6-5-9-22(23)30(29(31)35)25-26(33)21-8-4-7-11-24(21)37-27(25)28(34)32(30)18-16-19-12-14-20(36-2)15-13-19/h4-15H,3,16-18H2,1-2H3. The number of fused-ring (bicyclic) bond motifs is 5. The number of benzene rings is 3. The minimum Gasteiger partial charge on any atom is -0.497 e. The highest BCUT2D eigenvalue weighted by atomic mass is 16.5. The van der Waals surface area contributed by atoms with Gasteiger partial charge >= 0.3 is 0 Å². The Bertz CT molecular complexity index is 1610. The van der Waals surface area contributed by atoms with Gasteiger partial charge < -0.3 is 19.0 Å². The summed E-state index contributed by atoms with van der Waals surface area (Å²) in [5.41, 5.74) is 0.856. The van der Waals surface area contributed by atoms with Crippen LogP contribution in [0.5, 0.6) is 5.75 Å². The highest BCUT2D eigenvalue weighted by Crippen LogP contribution is 2.52. The van der Waals surface area contributed by atoms with E-state index in [1.807, 2.05) is 55.5 Å². The molecular formula is C30H26N2O5. The van der Waals surface area contributed by atoms with Gasteiger partial charge in [0.05, 0.1) is 23.7 Å². The first-order valence-corrected chi connectivity index (χ1v) is 12.4. The normalized spacial score (nSPS) is 18.1. The number of para-hydroxylation sites is 2. The summed E-state index contributed by atoms with van der Waals surface area (Å²) >= 11 is 0. The molecule has 2 aliphatic heterocycles. The first kappa shape index (κ1) is 23.0. The molecule has 1 unspecified atom stereocenters. The molecule has 1 aromatic heterocycles. The quantitative estimate of drug-likeness (QED) is 0.394. The Morgan fingerprint density at radius 3 is 2.38 bits per heavy atom. The van der Waals surface area contributed by atoms with Crippen LogP contribution in [-0.4, -0.2) is 36.9 Å². The maximum Gasteiger partial charge on any atom is 0.291 e. The van der Waals surface area contributed by atoms with Gasteiger partial charge in [0, 0.05) is 18.7 Å². The van der Waals surface area contributed by atoms with Crippen LogP contribution in [0.3, 0.4) is 0 Å². The topological polar surface area (TPSA) is 80.1 Å². The molecule has 0 saturated carbocycles. The van der Waals surface area contributed by atoms with E-state index in [0.29, 0.717) is 29.5 Å². The molecule has 7 nitrogen and oxygen atoms in total. The lowest BCUT2D eigenvalue weighted by atomic mass is 9.83. The first-order chi connectivity index (χ1) is 18.0. The number of carbonyl (C=O) groups excluding carboxylic acids is 2. The Kier molecular flexibility index (Phi) is 5.37. The molecule has 6 rings (SSSR count). The number of nitrogens with zero attached hydrogens (tertiary/aromatic N) is 2. The lowest BCUT2D eigenvalue weighted by Crippen LogP contribution is -2.54. The Morgan fingerprint density at radius 1 is 0.892 bits per heavy atom. The van der Waals surface area contributed by atoms with Crippen molar-refractivity contribution in [2.45, 2.75) is 25.3 Å². The van der Waals surface area contributed by atoms with Crippen LogP contribution >= 0.6 is 0 Å². The molecule has 2 aliphatic rings. The van der Waals surface area contributed by atoms with E-state index in [-0.39, 0.29) is 29.2 Å². The van der Waals surface area contributed by atoms with Crippen LogP contribution < -0.4 is 15.1 Å². The van der Waals surface area contributed by atoms with E-state index in [2.05, 4.69) is 0 Å². The number of carbonyl (C=O) groups is 2. The van der Waals surface area contributed by atoms with Crippen molar-refractivity contribution in [3.8, 4) is 5.75 Å². The maximum atomic E-state index is 14.4. The Morgan fingerprint density at radius 2 is 1.62 bits per heavy atom. The van der Waals surface area contributed by atoms with Crippen molar-refractivity contribution in [3.05, 3.63) is 105 Å². The number of ether oxygens (including phenoxy) is 1. The summed E-state index contributed by atoms with van der Waals surface area (Å²) in [4.78, 5) is 45.7. The van der Waals surface area contributed by atoms with Crippen LogP contribution in [0.15, 0.2) is 82.0 Å². The van der Waals surface area contributed by atoms with E-state index in [1.54, 1.807) is 41.2 Å². The van der Waals surface area contributed by atoms with Crippen molar-refractivity contribution < 1.29 is 18.7 Å². The number of hydrogen-bond acceptors (Lipinski definition) is 5. The summed E-state index contributed by atoms with van der Waals surface area (Å²) in [6.07, 6.45) is 1.22. The minimum atomic E-state index is -1.57. The van der Waals surface area contributed by atoms with E-state index in [1.165, 1.54) is 0 Å². The van der Waals surface area contributed by atoms with Crippen LogP contribution in [0.1, 0.15) is 40.6 Å². The van der Waals surface area contributed by atoms with Gasteiger partial charge in [-0.25, -0.2) is 0 Å². The summed E-state index contributed by atoms with van der Waals surface area (Å²) in [7, 11) is 1.61. The number of hydrogen-bond donors (Lipinski definition) is 0. The summed E-state index contributed by atoms with van der Waals surface area (Å²) in [6.45, 7) is 2.70. The average Bonchev–Trinajstić information content (AvgIpc) is 3.32. The van der Waals surface area contributed by atoms with Gasteiger partial charge in [0.15, 0.2) is 11.0 Å². The molecule has 1 atom stereocenters. The zero-order chi connectivity index (χ0) is 25.7. The minimum absolute atomic E-state index is 0.0556. The van der Waals surface area contributed by atoms with Crippen molar-refractivity contribution in [2.75, 3.05) is 25.1 Å². The Balaban J connectivity index is 1.58. The second-order valence-corrected chi connectivity index (χ2v) is 9.37.